The van der Waals surface area contributed by atoms with Crippen LogP contribution in [0.4, 0.5) is 4.39 Å². The number of carbonyl (C=O) groups is 2. The summed E-state index contributed by atoms with van der Waals surface area (Å²) in [4.78, 5) is 27.0. The van der Waals surface area contributed by atoms with Crippen molar-refractivity contribution in [3.63, 3.8) is 0 Å². The number of hydrogen-bond acceptors (Lipinski definition) is 2. The lowest BCUT2D eigenvalue weighted by Gasteiger charge is -2.18. The third-order valence-electron chi connectivity index (χ3n) is 3.59. The standard InChI is InChI=1S/C15H19FN2O2/c1-17(2)15(20)12-9-14(19)18(10-12)8-7-11-3-5-13(16)6-4-11/h3-6,12H,7-10H2,1-2H3. The molecule has 1 aromatic carbocycles. The van der Waals surface area contributed by atoms with Crippen molar-refractivity contribution in [3.05, 3.63) is 35.6 Å². The largest absolute Gasteiger partial charge is 0.349 e. The van der Waals surface area contributed by atoms with Crippen molar-refractivity contribution in [2.75, 3.05) is 27.2 Å². The van der Waals surface area contributed by atoms with E-state index in [1.54, 1.807) is 31.1 Å². The van der Waals surface area contributed by atoms with E-state index in [9.17, 15) is 14.0 Å². The number of likely N-dealkylation sites (tertiary alicyclic amines) is 1. The molecular weight excluding hydrogens is 259 g/mol. The highest BCUT2D eigenvalue weighted by atomic mass is 19.1. The molecule has 2 rings (SSSR count). The maximum Gasteiger partial charge on any atom is 0.227 e. The second kappa shape index (κ2) is 6.03. The summed E-state index contributed by atoms with van der Waals surface area (Å²) in [5.41, 5.74) is 0.988. The third kappa shape index (κ3) is 3.35. The van der Waals surface area contributed by atoms with Crippen molar-refractivity contribution in [1.82, 2.24) is 9.80 Å². The molecular formula is C15H19FN2O2. The van der Waals surface area contributed by atoms with Gasteiger partial charge in [0.2, 0.25) is 11.8 Å². The van der Waals surface area contributed by atoms with Gasteiger partial charge in [-0.15, -0.1) is 0 Å². The molecule has 1 saturated heterocycles. The van der Waals surface area contributed by atoms with Crippen molar-refractivity contribution in [2.45, 2.75) is 12.8 Å². The number of amides is 2. The van der Waals surface area contributed by atoms with Gasteiger partial charge in [0.15, 0.2) is 0 Å². The first-order valence-electron chi connectivity index (χ1n) is 6.70. The molecule has 1 fully saturated rings. The average molecular weight is 278 g/mol. The third-order valence-corrected chi connectivity index (χ3v) is 3.59. The molecule has 0 aliphatic carbocycles. The molecule has 0 saturated carbocycles. The molecule has 4 nitrogen and oxygen atoms in total. The van der Waals surface area contributed by atoms with Crippen LogP contribution in [0, 0.1) is 11.7 Å². The molecule has 0 N–H and O–H groups in total. The molecule has 0 aromatic heterocycles. The van der Waals surface area contributed by atoms with Crippen LogP contribution in [-0.2, 0) is 16.0 Å². The van der Waals surface area contributed by atoms with Crippen molar-refractivity contribution in [2.24, 2.45) is 5.92 Å². The lowest BCUT2D eigenvalue weighted by molar-refractivity contribution is -0.133. The molecule has 2 amide bonds. The first kappa shape index (κ1) is 14.5. The number of halogens is 1. The van der Waals surface area contributed by atoms with E-state index in [0.29, 0.717) is 25.9 Å². The Morgan fingerprint density at radius 3 is 2.60 bits per heavy atom. The van der Waals surface area contributed by atoms with Gasteiger partial charge in [-0.3, -0.25) is 9.59 Å². The van der Waals surface area contributed by atoms with Crippen LogP contribution in [0.15, 0.2) is 24.3 Å². The molecule has 1 atom stereocenters. The second-order valence-electron chi connectivity index (χ2n) is 5.35. The maximum atomic E-state index is 12.8. The van der Waals surface area contributed by atoms with Crippen LogP contribution in [0.2, 0.25) is 0 Å². The van der Waals surface area contributed by atoms with E-state index < -0.39 is 0 Å². The summed E-state index contributed by atoms with van der Waals surface area (Å²) >= 11 is 0. The summed E-state index contributed by atoms with van der Waals surface area (Å²) < 4.78 is 12.8. The van der Waals surface area contributed by atoms with Gasteiger partial charge < -0.3 is 9.80 Å². The van der Waals surface area contributed by atoms with Crippen LogP contribution in [0.1, 0.15) is 12.0 Å². The van der Waals surface area contributed by atoms with Gasteiger partial charge in [-0.2, -0.15) is 0 Å². The van der Waals surface area contributed by atoms with Gasteiger partial charge in [-0.25, -0.2) is 4.39 Å². The number of nitrogens with zero attached hydrogens (tertiary/aromatic N) is 2. The smallest absolute Gasteiger partial charge is 0.227 e. The SMILES string of the molecule is CN(C)C(=O)C1CC(=O)N(CCc2ccc(F)cc2)C1. The van der Waals surface area contributed by atoms with Crippen molar-refractivity contribution < 1.29 is 14.0 Å². The Morgan fingerprint density at radius 1 is 1.35 bits per heavy atom. The Hall–Kier alpha value is -1.91. The molecule has 1 aliphatic heterocycles. The predicted octanol–water partition coefficient (Wildman–Crippen LogP) is 1.30. The summed E-state index contributed by atoms with van der Waals surface area (Å²) in [6, 6.07) is 6.27. The van der Waals surface area contributed by atoms with E-state index in [1.807, 2.05) is 0 Å². The zero-order chi connectivity index (χ0) is 14.7. The van der Waals surface area contributed by atoms with Crippen LogP contribution in [0.3, 0.4) is 0 Å². The zero-order valence-corrected chi connectivity index (χ0v) is 11.8. The summed E-state index contributed by atoms with van der Waals surface area (Å²) in [6.07, 6.45) is 0.968. The fourth-order valence-corrected chi connectivity index (χ4v) is 2.43. The van der Waals surface area contributed by atoms with Crippen LogP contribution in [-0.4, -0.2) is 48.8 Å². The highest BCUT2D eigenvalue weighted by Crippen LogP contribution is 2.19. The van der Waals surface area contributed by atoms with Crippen molar-refractivity contribution >= 4 is 11.8 Å². The van der Waals surface area contributed by atoms with Gasteiger partial charge in [-0.05, 0) is 24.1 Å². The molecule has 1 unspecified atom stereocenters. The normalized spacial score (nSPS) is 18.4. The Labute approximate surface area is 118 Å². The summed E-state index contributed by atoms with van der Waals surface area (Å²) in [6.45, 7) is 1.05. The van der Waals surface area contributed by atoms with Crippen molar-refractivity contribution in [3.8, 4) is 0 Å². The molecule has 0 spiro atoms. The Morgan fingerprint density at radius 2 is 2.00 bits per heavy atom. The monoisotopic (exact) mass is 278 g/mol. The van der Waals surface area contributed by atoms with E-state index >= 15 is 0 Å². The molecule has 1 aliphatic rings. The first-order valence-corrected chi connectivity index (χ1v) is 6.70. The number of hydrogen-bond donors (Lipinski definition) is 0. The lowest BCUT2D eigenvalue weighted by Crippen LogP contribution is -2.32. The van der Waals surface area contributed by atoms with E-state index in [-0.39, 0.29) is 23.5 Å². The molecule has 1 aromatic rings. The van der Waals surface area contributed by atoms with Gasteiger partial charge in [0.25, 0.3) is 0 Å². The summed E-state index contributed by atoms with van der Waals surface area (Å²) in [5.74, 6) is -0.469. The fraction of sp³-hybridized carbons (Fsp3) is 0.467. The van der Waals surface area contributed by atoms with E-state index in [4.69, 9.17) is 0 Å². The topological polar surface area (TPSA) is 40.6 Å². The number of rotatable bonds is 4. The number of carbonyl (C=O) groups excluding carboxylic acids is 2. The Balaban J connectivity index is 1.89. The molecule has 20 heavy (non-hydrogen) atoms. The minimum atomic E-state index is -0.261. The highest BCUT2D eigenvalue weighted by molar-refractivity contribution is 5.89. The van der Waals surface area contributed by atoms with Crippen LogP contribution in [0.5, 0.6) is 0 Å². The summed E-state index contributed by atoms with van der Waals surface area (Å²) in [5, 5.41) is 0. The maximum absolute atomic E-state index is 12.8. The summed E-state index contributed by atoms with van der Waals surface area (Å²) in [7, 11) is 3.40. The highest BCUT2D eigenvalue weighted by Gasteiger charge is 2.34. The van der Waals surface area contributed by atoms with Gasteiger partial charge in [0.05, 0.1) is 5.92 Å². The minimum absolute atomic E-state index is 0.00244. The van der Waals surface area contributed by atoms with Crippen LogP contribution >= 0.6 is 0 Å². The van der Waals surface area contributed by atoms with Crippen molar-refractivity contribution in [1.29, 1.82) is 0 Å². The fourth-order valence-electron chi connectivity index (χ4n) is 2.43. The van der Waals surface area contributed by atoms with E-state index in [1.165, 1.54) is 17.0 Å². The van der Waals surface area contributed by atoms with E-state index in [0.717, 1.165) is 5.56 Å². The zero-order valence-electron chi connectivity index (χ0n) is 11.8. The molecule has 5 heteroatoms. The molecule has 0 radical (unpaired) electrons. The van der Waals surface area contributed by atoms with Crippen LogP contribution in [0.25, 0.3) is 0 Å². The molecule has 0 bridgehead atoms. The Bertz CT molecular complexity index is 499. The first-order chi connectivity index (χ1) is 9.47. The quantitative estimate of drug-likeness (QED) is 0.833. The van der Waals surface area contributed by atoms with Gasteiger partial charge in [0, 0.05) is 33.6 Å². The molecule has 108 valence electrons. The predicted molar refractivity (Wildman–Crippen MR) is 73.5 cm³/mol. The average Bonchev–Trinajstić information content (AvgIpc) is 2.78. The van der Waals surface area contributed by atoms with E-state index in [2.05, 4.69) is 0 Å². The molecule has 1 heterocycles. The van der Waals surface area contributed by atoms with Gasteiger partial charge in [-0.1, -0.05) is 12.1 Å². The minimum Gasteiger partial charge on any atom is -0.349 e. The number of benzene rings is 1. The second-order valence-corrected chi connectivity index (χ2v) is 5.35. The van der Waals surface area contributed by atoms with Crippen LogP contribution < -0.4 is 0 Å². The van der Waals surface area contributed by atoms with Gasteiger partial charge >= 0.3 is 0 Å². The van der Waals surface area contributed by atoms with Gasteiger partial charge in [0.1, 0.15) is 5.82 Å². The lowest BCUT2D eigenvalue weighted by atomic mass is 10.1. The Kier molecular flexibility index (Phi) is 4.37.